The summed E-state index contributed by atoms with van der Waals surface area (Å²) in [6.07, 6.45) is 0. The third-order valence-electron chi connectivity index (χ3n) is 17.1. The van der Waals surface area contributed by atoms with E-state index in [2.05, 4.69) is 317 Å². The van der Waals surface area contributed by atoms with E-state index in [1.807, 2.05) is 0 Å². The molecule has 0 N–H and O–H groups in total. The van der Waals surface area contributed by atoms with E-state index in [9.17, 15) is 0 Å². The molecule has 418 valence electrons. The van der Waals surface area contributed by atoms with Crippen LogP contribution in [0.15, 0.2) is 224 Å². The van der Waals surface area contributed by atoms with Crippen molar-refractivity contribution in [3.05, 3.63) is 247 Å². The average molecular weight is 1110 g/mol. The highest BCUT2D eigenvalue weighted by Gasteiger charge is 2.44. The van der Waals surface area contributed by atoms with Crippen molar-refractivity contribution in [3.8, 4) is 67.8 Å². The molecule has 4 heterocycles. The second-order valence-electron chi connectivity index (χ2n) is 27.3. The summed E-state index contributed by atoms with van der Waals surface area (Å²) < 4.78 is 0. The molecule has 7 heteroatoms. The zero-order valence-electron chi connectivity index (χ0n) is 51.1. The number of hydrogen-bond acceptors (Lipinski definition) is 6. The molecule has 0 saturated carbocycles. The SMILES string of the molecule is CC(C)(C)c1cc(N2c3ccc(-c4nc(-c5ccccc5)cc(-c5ccccc5)n4)cc3B3c4cc(-c5nc(-c6ccccc6)cc(-c6ccccc6)n5)ccc4N(c4cc(C(C)(C)C)cc(C(C)(C)C)c4)c4cccc2c43)cc(C(C)(C)C)c1. The molecule has 2 aromatic heterocycles. The van der Waals surface area contributed by atoms with Gasteiger partial charge in [0.2, 0.25) is 0 Å². The first-order valence-corrected chi connectivity index (χ1v) is 30.0. The van der Waals surface area contributed by atoms with E-state index in [4.69, 9.17) is 19.9 Å². The Morgan fingerprint density at radius 1 is 0.271 bits per heavy atom. The second-order valence-corrected chi connectivity index (χ2v) is 27.3. The molecule has 0 amide bonds. The van der Waals surface area contributed by atoms with Gasteiger partial charge in [-0.1, -0.05) is 235 Å². The Kier molecular flexibility index (Phi) is 13.5. The summed E-state index contributed by atoms with van der Waals surface area (Å²) in [6, 6.07) is 81.6. The van der Waals surface area contributed by atoms with Gasteiger partial charge in [-0.25, -0.2) is 19.9 Å². The number of nitrogens with zero attached hydrogens (tertiary/aromatic N) is 6. The zero-order valence-corrected chi connectivity index (χ0v) is 51.1. The van der Waals surface area contributed by atoms with Gasteiger partial charge in [0.25, 0.3) is 6.71 Å². The summed E-state index contributed by atoms with van der Waals surface area (Å²) in [4.78, 5) is 26.9. The minimum Gasteiger partial charge on any atom is -0.311 e. The molecule has 0 unspecified atom stereocenters. The largest absolute Gasteiger partial charge is 0.311 e. The first-order valence-electron chi connectivity index (χ1n) is 30.0. The highest BCUT2D eigenvalue weighted by Crippen LogP contribution is 2.48. The van der Waals surface area contributed by atoms with Gasteiger partial charge in [0, 0.05) is 67.5 Å². The van der Waals surface area contributed by atoms with Crippen molar-refractivity contribution in [1.82, 2.24) is 19.9 Å². The average Bonchev–Trinajstić information content (AvgIpc) is 1.07. The molecular formula is C78H73BN6. The number of benzene rings is 9. The van der Waals surface area contributed by atoms with Crippen molar-refractivity contribution in [2.75, 3.05) is 9.80 Å². The highest BCUT2D eigenvalue weighted by molar-refractivity contribution is 7.00. The summed E-state index contributed by atoms with van der Waals surface area (Å²) in [5.74, 6) is 1.33. The zero-order chi connectivity index (χ0) is 59.2. The van der Waals surface area contributed by atoms with Crippen molar-refractivity contribution in [2.45, 2.75) is 105 Å². The minimum atomic E-state index is -0.249. The Morgan fingerprint density at radius 2 is 0.565 bits per heavy atom. The molecule has 6 nitrogen and oxygen atoms in total. The van der Waals surface area contributed by atoms with Crippen molar-refractivity contribution >= 4 is 57.2 Å². The fourth-order valence-electron chi connectivity index (χ4n) is 12.2. The van der Waals surface area contributed by atoms with Gasteiger partial charge in [0.1, 0.15) is 0 Å². The lowest BCUT2D eigenvalue weighted by atomic mass is 9.33. The van der Waals surface area contributed by atoms with Gasteiger partial charge in [0.15, 0.2) is 11.6 Å². The van der Waals surface area contributed by atoms with Crippen LogP contribution in [0.25, 0.3) is 67.8 Å². The summed E-state index contributed by atoms with van der Waals surface area (Å²) in [7, 11) is 0. The summed E-state index contributed by atoms with van der Waals surface area (Å²) >= 11 is 0. The van der Waals surface area contributed by atoms with Crippen molar-refractivity contribution < 1.29 is 0 Å². The smallest absolute Gasteiger partial charge is 0.252 e. The molecule has 0 saturated heterocycles. The highest BCUT2D eigenvalue weighted by atomic mass is 15.2. The molecule has 0 aliphatic carbocycles. The van der Waals surface area contributed by atoms with Crippen LogP contribution in [0.5, 0.6) is 0 Å². The Hall–Kier alpha value is -9.20. The van der Waals surface area contributed by atoms with Gasteiger partial charge in [-0.05, 0) is 133 Å². The molecule has 2 aliphatic rings. The molecule has 9 aromatic carbocycles. The molecule has 11 aromatic rings. The number of aromatic nitrogens is 4. The Balaban J connectivity index is 1.13. The first kappa shape index (κ1) is 55.0. The monoisotopic (exact) mass is 1100 g/mol. The fourth-order valence-corrected chi connectivity index (χ4v) is 12.2. The van der Waals surface area contributed by atoms with Crippen LogP contribution in [0.1, 0.15) is 105 Å². The van der Waals surface area contributed by atoms with Crippen LogP contribution in [0.3, 0.4) is 0 Å². The number of anilines is 6. The van der Waals surface area contributed by atoms with Crippen molar-refractivity contribution in [1.29, 1.82) is 0 Å². The lowest BCUT2D eigenvalue weighted by molar-refractivity contribution is 0.568. The standard InChI is InChI=1S/C78H73BN6/c1-75(2,3)56-42-57(76(4,5)6)45-60(44-56)84-68-38-36-54(73-80-64(50-26-17-13-18-27-50)48-65(81-73)51-28-19-14-20-29-51)40-62(68)79-63-41-55(74-82-66(52-30-21-15-22-31-52)49-67(83-74)53-32-23-16-24-33-53)37-39-69(63)85(71-35-25-34-70(84)72(71)79)61-46-58(77(7,8)9)43-59(47-61)78(10,11)12/h13-49H,1-12H3. The predicted molar refractivity (Wildman–Crippen MR) is 359 cm³/mol. The maximum Gasteiger partial charge on any atom is 0.252 e. The maximum absolute atomic E-state index is 5.45. The van der Waals surface area contributed by atoms with E-state index in [0.29, 0.717) is 11.6 Å². The third kappa shape index (κ3) is 10.4. The normalized spacial score (nSPS) is 13.1. The maximum atomic E-state index is 5.45. The van der Waals surface area contributed by atoms with Crippen LogP contribution in [-0.2, 0) is 21.7 Å². The molecule has 2 aliphatic heterocycles. The Labute approximate surface area is 503 Å². The van der Waals surface area contributed by atoms with E-state index in [1.165, 1.54) is 27.7 Å². The summed E-state index contributed by atoms with van der Waals surface area (Å²) in [5.41, 5.74) is 24.4. The molecule has 13 rings (SSSR count). The van der Waals surface area contributed by atoms with Crippen molar-refractivity contribution in [3.63, 3.8) is 0 Å². The van der Waals surface area contributed by atoms with Gasteiger partial charge >= 0.3 is 0 Å². The van der Waals surface area contributed by atoms with Crippen LogP contribution in [0.4, 0.5) is 34.1 Å². The van der Waals surface area contributed by atoms with E-state index in [1.54, 1.807) is 0 Å². The number of rotatable bonds is 8. The number of fused-ring (bicyclic) bond motifs is 4. The quantitative estimate of drug-likeness (QED) is 0.141. The molecule has 0 bridgehead atoms. The van der Waals surface area contributed by atoms with Crippen LogP contribution < -0.4 is 26.2 Å². The lowest BCUT2D eigenvalue weighted by Gasteiger charge is -2.45. The van der Waals surface area contributed by atoms with Gasteiger partial charge in [0.05, 0.1) is 22.8 Å². The van der Waals surface area contributed by atoms with Gasteiger partial charge < -0.3 is 9.80 Å². The Morgan fingerprint density at radius 3 is 0.847 bits per heavy atom. The van der Waals surface area contributed by atoms with E-state index >= 15 is 0 Å². The van der Waals surface area contributed by atoms with Gasteiger partial charge in [-0.3, -0.25) is 0 Å². The third-order valence-corrected chi connectivity index (χ3v) is 17.1. The second kappa shape index (κ2) is 20.8. The molecule has 0 spiro atoms. The molecular weight excluding hydrogens is 1030 g/mol. The molecule has 0 atom stereocenters. The Bertz CT molecular complexity index is 3880. The van der Waals surface area contributed by atoms with Gasteiger partial charge in [-0.15, -0.1) is 0 Å². The predicted octanol–water partition coefficient (Wildman–Crippen LogP) is 18.5. The summed E-state index contributed by atoms with van der Waals surface area (Å²) in [6.45, 7) is 27.7. The van der Waals surface area contributed by atoms with E-state index < -0.39 is 0 Å². The van der Waals surface area contributed by atoms with Crippen LogP contribution in [0.2, 0.25) is 0 Å². The first-order chi connectivity index (χ1) is 40.6. The fraction of sp³-hybridized carbons (Fsp3) is 0.205. The van der Waals surface area contributed by atoms with Crippen LogP contribution in [-0.4, -0.2) is 26.6 Å². The van der Waals surface area contributed by atoms with Crippen LogP contribution in [0, 0.1) is 0 Å². The topological polar surface area (TPSA) is 58.0 Å². The lowest BCUT2D eigenvalue weighted by Crippen LogP contribution is -2.61. The van der Waals surface area contributed by atoms with Gasteiger partial charge in [-0.2, -0.15) is 0 Å². The molecule has 0 fully saturated rings. The van der Waals surface area contributed by atoms with Crippen LogP contribution >= 0.6 is 0 Å². The van der Waals surface area contributed by atoms with E-state index in [0.717, 1.165) is 101 Å². The number of hydrogen-bond donors (Lipinski definition) is 0. The molecule has 0 radical (unpaired) electrons. The summed E-state index contributed by atoms with van der Waals surface area (Å²) in [5, 5.41) is 0. The van der Waals surface area contributed by atoms with E-state index in [-0.39, 0.29) is 28.4 Å². The van der Waals surface area contributed by atoms with Crippen molar-refractivity contribution in [2.24, 2.45) is 0 Å². The molecule has 85 heavy (non-hydrogen) atoms. The minimum absolute atomic E-state index is 0.121.